The second-order valence-electron chi connectivity index (χ2n) is 5.00. The molecule has 1 heterocycles. The van der Waals surface area contributed by atoms with Crippen molar-refractivity contribution in [2.45, 2.75) is 19.9 Å². The van der Waals surface area contributed by atoms with E-state index < -0.39 is 0 Å². The van der Waals surface area contributed by atoms with Crippen molar-refractivity contribution >= 4 is 11.4 Å². The highest BCUT2D eigenvalue weighted by atomic mass is 15.3. The van der Waals surface area contributed by atoms with Crippen molar-refractivity contribution in [3.8, 4) is 6.07 Å². The van der Waals surface area contributed by atoms with E-state index in [9.17, 15) is 0 Å². The summed E-state index contributed by atoms with van der Waals surface area (Å²) < 4.78 is 0. The van der Waals surface area contributed by atoms with E-state index in [0.717, 1.165) is 31.9 Å². The first kappa shape index (κ1) is 12.7. The molecule has 1 aliphatic rings. The van der Waals surface area contributed by atoms with Crippen molar-refractivity contribution in [3.05, 3.63) is 23.8 Å². The van der Waals surface area contributed by atoms with Crippen molar-refractivity contribution in [2.24, 2.45) is 0 Å². The van der Waals surface area contributed by atoms with Crippen LogP contribution in [0.25, 0.3) is 0 Å². The third-order valence-electron chi connectivity index (χ3n) is 3.54. The van der Waals surface area contributed by atoms with E-state index >= 15 is 0 Å². The standard InChI is InChI=1S/C14H20N4/c1-11(2)17-5-7-18(8-6-17)14-4-3-12(10-15)9-13(14)16/h3-4,9,11H,5-8,16H2,1-2H3. The van der Waals surface area contributed by atoms with Crippen LogP contribution in [0.3, 0.4) is 0 Å². The molecule has 0 saturated carbocycles. The molecular weight excluding hydrogens is 224 g/mol. The summed E-state index contributed by atoms with van der Waals surface area (Å²) in [6.07, 6.45) is 0. The topological polar surface area (TPSA) is 56.3 Å². The van der Waals surface area contributed by atoms with Crippen LogP contribution in [0.5, 0.6) is 0 Å². The highest BCUT2D eigenvalue weighted by Crippen LogP contribution is 2.25. The van der Waals surface area contributed by atoms with E-state index in [1.54, 1.807) is 6.07 Å². The average Bonchev–Trinajstić information content (AvgIpc) is 2.38. The Labute approximate surface area is 109 Å². The lowest BCUT2D eigenvalue weighted by molar-refractivity contribution is 0.209. The summed E-state index contributed by atoms with van der Waals surface area (Å²) in [4.78, 5) is 4.77. The smallest absolute Gasteiger partial charge is 0.0992 e. The summed E-state index contributed by atoms with van der Waals surface area (Å²) in [5.74, 6) is 0. The number of benzene rings is 1. The number of piperazine rings is 1. The molecule has 0 aromatic heterocycles. The molecule has 4 nitrogen and oxygen atoms in total. The highest BCUT2D eigenvalue weighted by Gasteiger charge is 2.20. The van der Waals surface area contributed by atoms with E-state index in [4.69, 9.17) is 11.0 Å². The molecule has 0 aliphatic carbocycles. The lowest BCUT2D eigenvalue weighted by atomic mass is 10.1. The summed E-state index contributed by atoms with van der Waals surface area (Å²) in [7, 11) is 0. The minimum atomic E-state index is 0.602. The fourth-order valence-corrected chi connectivity index (χ4v) is 2.39. The van der Waals surface area contributed by atoms with Gasteiger partial charge < -0.3 is 10.6 Å². The number of hydrogen-bond donors (Lipinski definition) is 1. The van der Waals surface area contributed by atoms with Gasteiger partial charge in [-0.25, -0.2) is 0 Å². The van der Waals surface area contributed by atoms with Crippen molar-refractivity contribution < 1.29 is 0 Å². The number of anilines is 2. The number of hydrogen-bond acceptors (Lipinski definition) is 4. The number of nitrogens with zero attached hydrogens (tertiary/aromatic N) is 3. The monoisotopic (exact) mass is 244 g/mol. The van der Waals surface area contributed by atoms with Gasteiger partial charge >= 0.3 is 0 Å². The first-order chi connectivity index (χ1) is 8.61. The van der Waals surface area contributed by atoms with Crippen LogP contribution in [0.1, 0.15) is 19.4 Å². The van der Waals surface area contributed by atoms with E-state index in [1.165, 1.54) is 0 Å². The minimum absolute atomic E-state index is 0.602. The van der Waals surface area contributed by atoms with Gasteiger partial charge in [0.1, 0.15) is 0 Å². The normalized spacial score (nSPS) is 16.9. The fraction of sp³-hybridized carbons (Fsp3) is 0.500. The van der Waals surface area contributed by atoms with Gasteiger partial charge in [-0.05, 0) is 32.0 Å². The summed E-state index contributed by atoms with van der Waals surface area (Å²) in [6.45, 7) is 8.58. The molecule has 1 saturated heterocycles. The van der Waals surface area contributed by atoms with Crippen LogP contribution in [-0.2, 0) is 0 Å². The number of nitrogens with two attached hydrogens (primary N) is 1. The maximum atomic E-state index is 8.83. The van der Waals surface area contributed by atoms with Gasteiger partial charge in [0, 0.05) is 32.2 Å². The molecule has 18 heavy (non-hydrogen) atoms. The van der Waals surface area contributed by atoms with Gasteiger partial charge in [0.15, 0.2) is 0 Å². The van der Waals surface area contributed by atoms with Gasteiger partial charge in [-0.3, -0.25) is 4.90 Å². The van der Waals surface area contributed by atoms with Gasteiger partial charge in [-0.1, -0.05) is 0 Å². The van der Waals surface area contributed by atoms with Crippen LogP contribution >= 0.6 is 0 Å². The summed E-state index contributed by atoms with van der Waals surface area (Å²) in [5.41, 5.74) is 8.39. The quantitative estimate of drug-likeness (QED) is 0.804. The largest absolute Gasteiger partial charge is 0.397 e. The third kappa shape index (κ3) is 2.57. The first-order valence-corrected chi connectivity index (χ1v) is 6.40. The number of rotatable bonds is 2. The van der Waals surface area contributed by atoms with Crippen molar-refractivity contribution in [2.75, 3.05) is 36.8 Å². The van der Waals surface area contributed by atoms with Gasteiger partial charge in [0.25, 0.3) is 0 Å². The molecule has 1 fully saturated rings. The van der Waals surface area contributed by atoms with Crippen molar-refractivity contribution in [1.82, 2.24) is 4.90 Å². The molecule has 2 N–H and O–H groups in total. The number of nitrogen functional groups attached to an aromatic ring is 1. The van der Waals surface area contributed by atoms with Crippen LogP contribution in [-0.4, -0.2) is 37.1 Å². The Balaban J connectivity index is 2.08. The van der Waals surface area contributed by atoms with Gasteiger partial charge in [0.05, 0.1) is 23.0 Å². The zero-order valence-corrected chi connectivity index (χ0v) is 11.1. The second-order valence-corrected chi connectivity index (χ2v) is 5.00. The van der Waals surface area contributed by atoms with Crippen LogP contribution in [0.4, 0.5) is 11.4 Å². The Morgan fingerprint density at radius 2 is 1.89 bits per heavy atom. The molecule has 96 valence electrons. The van der Waals surface area contributed by atoms with E-state index in [2.05, 4.69) is 29.7 Å². The van der Waals surface area contributed by atoms with Crippen LogP contribution < -0.4 is 10.6 Å². The Bertz CT molecular complexity index is 453. The summed E-state index contributed by atoms with van der Waals surface area (Å²) in [5, 5.41) is 8.83. The maximum absolute atomic E-state index is 8.83. The Morgan fingerprint density at radius 1 is 1.22 bits per heavy atom. The summed E-state index contributed by atoms with van der Waals surface area (Å²) in [6, 6.07) is 8.26. The Morgan fingerprint density at radius 3 is 2.39 bits per heavy atom. The predicted octanol–water partition coefficient (Wildman–Crippen LogP) is 1.67. The molecule has 1 aliphatic heterocycles. The molecular formula is C14H20N4. The Hall–Kier alpha value is -1.73. The molecule has 0 spiro atoms. The summed E-state index contributed by atoms with van der Waals surface area (Å²) >= 11 is 0. The van der Waals surface area contributed by atoms with E-state index in [0.29, 0.717) is 17.3 Å². The molecule has 0 radical (unpaired) electrons. The molecule has 0 bridgehead atoms. The fourth-order valence-electron chi connectivity index (χ4n) is 2.39. The zero-order valence-electron chi connectivity index (χ0n) is 11.1. The maximum Gasteiger partial charge on any atom is 0.0992 e. The third-order valence-corrected chi connectivity index (χ3v) is 3.54. The van der Waals surface area contributed by atoms with E-state index in [-0.39, 0.29) is 0 Å². The van der Waals surface area contributed by atoms with Gasteiger partial charge in [-0.15, -0.1) is 0 Å². The predicted molar refractivity (Wildman–Crippen MR) is 74.5 cm³/mol. The zero-order chi connectivity index (χ0) is 13.1. The first-order valence-electron chi connectivity index (χ1n) is 6.40. The highest BCUT2D eigenvalue weighted by molar-refractivity contribution is 5.69. The number of nitriles is 1. The molecule has 1 aromatic carbocycles. The lowest BCUT2D eigenvalue weighted by Crippen LogP contribution is -2.49. The van der Waals surface area contributed by atoms with Gasteiger partial charge in [-0.2, -0.15) is 5.26 Å². The Kier molecular flexibility index (Phi) is 3.73. The van der Waals surface area contributed by atoms with Crippen LogP contribution in [0.15, 0.2) is 18.2 Å². The molecule has 2 rings (SSSR count). The van der Waals surface area contributed by atoms with Crippen molar-refractivity contribution in [3.63, 3.8) is 0 Å². The molecule has 0 unspecified atom stereocenters. The SMILES string of the molecule is CC(C)N1CCN(c2ccc(C#N)cc2N)CC1. The lowest BCUT2D eigenvalue weighted by Gasteiger charge is -2.38. The van der Waals surface area contributed by atoms with Crippen molar-refractivity contribution in [1.29, 1.82) is 5.26 Å². The second kappa shape index (κ2) is 5.28. The molecule has 4 heteroatoms. The minimum Gasteiger partial charge on any atom is -0.397 e. The molecule has 0 atom stereocenters. The average molecular weight is 244 g/mol. The van der Waals surface area contributed by atoms with Gasteiger partial charge in [0.2, 0.25) is 0 Å². The van der Waals surface area contributed by atoms with Crippen LogP contribution in [0, 0.1) is 11.3 Å². The van der Waals surface area contributed by atoms with E-state index in [1.807, 2.05) is 12.1 Å². The molecule has 0 amide bonds. The van der Waals surface area contributed by atoms with Crippen LogP contribution in [0.2, 0.25) is 0 Å². The molecule has 1 aromatic rings.